The van der Waals surface area contributed by atoms with Crippen molar-refractivity contribution >= 4 is 33.1 Å². The van der Waals surface area contributed by atoms with Crippen molar-refractivity contribution in [1.82, 2.24) is 9.55 Å². The molecule has 0 unspecified atom stereocenters. The molecule has 0 atom stereocenters. The Bertz CT molecular complexity index is 1110. The molecule has 3 rings (SSSR count). The molecule has 0 bridgehead atoms. The van der Waals surface area contributed by atoms with Crippen LogP contribution in [-0.2, 0) is 11.3 Å². The van der Waals surface area contributed by atoms with Crippen molar-refractivity contribution in [1.29, 1.82) is 0 Å². The average Bonchev–Trinajstić information content (AvgIpc) is 2.98. The van der Waals surface area contributed by atoms with Crippen LogP contribution in [0.4, 0.5) is 5.69 Å². The predicted molar refractivity (Wildman–Crippen MR) is 104 cm³/mol. The number of amides is 1. The molecule has 0 spiro atoms. The lowest BCUT2D eigenvalue weighted by Crippen LogP contribution is -2.36. The van der Waals surface area contributed by atoms with Gasteiger partial charge in [0.15, 0.2) is 0 Å². The SMILES string of the molecule is COCCn1c(=O)[nH]c2sc(C(=O)Nc3ccccc3OC)c(C)c2c1=O. The monoisotopic (exact) mass is 389 g/mol. The number of aryl methyl sites for hydroxylation is 1. The van der Waals surface area contributed by atoms with Gasteiger partial charge in [0.25, 0.3) is 11.5 Å². The molecular weight excluding hydrogens is 370 g/mol. The highest BCUT2D eigenvalue weighted by Gasteiger charge is 2.21. The molecule has 0 saturated carbocycles. The highest BCUT2D eigenvalue weighted by molar-refractivity contribution is 7.20. The second-order valence-corrected chi connectivity index (χ2v) is 6.82. The molecule has 9 heteroatoms. The van der Waals surface area contributed by atoms with Gasteiger partial charge in [-0.1, -0.05) is 12.1 Å². The predicted octanol–water partition coefficient (Wildman–Crippen LogP) is 1.97. The number of hydrogen-bond acceptors (Lipinski definition) is 6. The van der Waals surface area contributed by atoms with Crippen molar-refractivity contribution in [2.75, 3.05) is 26.1 Å². The third kappa shape index (κ3) is 3.51. The van der Waals surface area contributed by atoms with Crippen LogP contribution >= 0.6 is 11.3 Å². The van der Waals surface area contributed by atoms with E-state index in [4.69, 9.17) is 9.47 Å². The molecule has 1 amide bonds. The zero-order chi connectivity index (χ0) is 19.6. The van der Waals surface area contributed by atoms with Gasteiger partial charge in [-0.2, -0.15) is 0 Å². The molecule has 0 radical (unpaired) electrons. The summed E-state index contributed by atoms with van der Waals surface area (Å²) in [6.45, 7) is 2.06. The van der Waals surface area contributed by atoms with Crippen LogP contribution in [0.1, 0.15) is 15.2 Å². The molecule has 3 aromatic rings. The largest absolute Gasteiger partial charge is 0.495 e. The van der Waals surface area contributed by atoms with Gasteiger partial charge >= 0.3 is 5.69 Å². The van der Waals surface area contributed by atoms with Crippen molar-refractivity contribution in [3.05, 3.63) is 55.5 Å². The molecule has 0 aliphatic carbocycles. The second kappa shape index (κ2) is 7.77. The summed E-state index contributed by atoms with van der Waals surface area (Å²) >= 11 is 1.07. The first-order valence-corrected chi connectivity index (χ1v) is 8.99. The van der Waals surface area contributed by atoms with Gasteiger partial charge in [0.05, 0.1) is 36.2 Å². The minimum absolute atomic E-state index is 0.138. The van der Waals surface area contributed by atoms with Crippen molar-refractivity contribution < 1.29 is 14.3 Å². The summed E-state index contributed by atoms with van der Waals surface area (Å²) in [6, 6.07) is 7.03. The third-order valence-corrected chi connectivity index (χ3v) is 5.36. The van der Waals surface area contributed by atoms with Crippen LogP contribution in [0.15, 0.2) is 33.9 Å². The van der Waals surface area contributed by atoms with Crippen molar-refractivity contribution in [2.24, 2.45) is 0 Å². The minimum Gasteiger partial charge on any atom is -0.495 e. The molecule has 0 fully saturated rings. The van der Waals surface area contributed by atoms with Crippen LogP contribution in [-0.4, -0.2) is 36.3 Å². The number of aromatic amines is 1. The number of para-hydroxylation sites is 2. The number of benzene rings is 1. The van der Waals surface area contributed by atoms with E-state index < -0.39 is 11.2 Å². The summed E-state index contributed by atoms with van der Waals surface area (Å²) in [5.41, 5.74) is 0.0843. The Labute approximate surface area is 158 Å². The van der Waals surface area contributed by atoms with Crippen LogP contribution < -0.4 is 21.3 Å². The summed E-state index contributed by atoms with van der Waals surface area (Å²) < 4.78 is 11.3. The lowest BCUT2D eigenvalue weighted by Gasteiger charge is -2.09. The van der Waals surface area contributed by atoms with Crippen LogP contribution in [0.3, 0.4) is 0 Å². The Kier molecular flexibility index (Phi) is 5.43. The van der Waals surface area contributed by atoms with Crippen molar-refractivity contribution in [3.8, 4) is 5.75 Å². The van der Waals surface area contributed by atoms with E-state index in [1.165, 1.54) is 14.2 Å². The number of aromatic nitrogens is 2. The van der Waals surface area contributed by atoms with Gasteiger partial charge in [-0.25, -0.2) is 4.79 Å². The number of carbonyl (C=O) groups excluding carboxylic acids is 1. The van der Waals surface area contributed by atoms with Gasteiger partial charge in [0, 0.05) is 7.11 Å². The first-order valence-electron chi connectivity index (χ1n) is 8.17. The Hall–Kier alpha value is -2.91. The smallest absolute Gasteiger partial charge is 0.329 e. The maximum absolute atomic E-state index is 12.7. The standard InChI is InChI=1S/C18H19N3O5S/c1-10-13-16(20-18(24)21(17(13)23)8-9-25-2)27-14(10)15(22)19-11-6-4-5-7-12(11)26-3/h4-7H,8-9H2,1-3H3,(H,19,22)(H,20,24). The van der Waals surface area contributed by atoms with Crippen molar-refractivity contribution in [3.63, 3.8) is 0 Å². The highest BCUT2D eigenvalue weighted by atomic mass is 32.1. The second-order valence-electron chi connectivity index (χ2n) is 5.79. The number of fused-ring (bicyclic) bond motifs is 1. The first kappa shape index (κ1) is 18.9. The fourth-order valence-electron chi connectivity index (χ4n) is 2.78. The molecule has 1 aromatic carbocycles. The quantitative estimate of drug-likeness (QED) is 0.671. The van der Waals surface area contributed by atoms with E-state index in [1.807, 2.05) is 0 Å². The average molecular weight is 389 g/mol. The highest BCUT2D eigenvalue weighted by Crippen LogP contribution is 2.29. The van der Waals surface area contributed by atoms with Gasteiger partial charge in [-0.15, -0.1) is 11.3 Å². The number of carbonyl (C=O) groups is 1. The van der Waals surface area contributed by atoms with E-state index in [-0.39, 0.29) is 19.1 Å². The Morgan fingerprint density at radius 1 is 1.26 bits per heavy atom. The topological polar surface area (TPSA) is 102 Å². The minimum atomic E-state index is -0.525. The Morgan fingerprint density at radius 3 is 2.70 bits per heavy atom. The van der Waals surface area contributed by atoms with Gasteiger partial charge in [0.1, 0.15) is 10.6 Å². The third-order valence-electron chi connectivity index (χ3n) is 4.15. The van der Waals surface area contributed by atoms with E-state index in [0.717, 1.165) is 15.9 Å². The van der Waals surface area contributed by atoms with E-state index in [1.54, 1.807) is 31.2 Å². The molecule has 27 heavy (non-hydrogen) atoms. The van der Waals surface area contributed by atoms with Gasteiger partial charge in [-0.05, 0) is 24.6 Å². The number of ether oxygens (including phenoxy) is 2. The summed E-state index contributed by atoms with van der Waals surface area (Å²) in [5.74, 6) is 0.154. The molecule has 2 heterocycles. The number of nitrogens with one attached hydrogen (secondary N) is 2. The number of anilines is 1. The molecule has 8 nitrogen and oxygen atoms in total. The maximum atomic E-state index is 12.7. The van der Waals surface area contributed by atoms with E-state index in [9.17, 15) is 14.4 Å². The van der Waals surface area contributed by atoms with E-state index in [2.05, 4.69) is 10.3 Å². The van der Waals surface area contributed by atoms with Crippen LogP contribution in [0.2, 0.25) is 0 Å². The fourth-order valence-corrected chi connectivity index (χ4v) is 3.86. The zero-order valence-corrected chi connectivity index (χ0v) is 15.9. The number of H-pyrrole nitrogens is 1. The molecule has 0 aliphatic rings. The van der Waals surface area contributed by atoms with Gasteiger partial charge in [0.2, 0.25) is 0 Å². The summed E-state index contributed by atoms with van der Waals surface area (Å²) in [7, 11) is 3.01. The Morgan fingerprint density at radius 2 is 2.00 bits per heavy atom. The number of methoxy groups -OCH3 is 2. The van der Waals surface area contributed by atoms with E-state index >= 15 is 0 Å². The van der Waals surface area contributed by atoms with E-state index in [0.29, 0.717) is 32.1 Å². The lowest BCUT2D eigenvalue weighted by atomic mass is 10.2. The number of nitrogens with zero attached hydrogens (tertiary/aromatic N) is 1. The van der Waals surface area contributed by atoms with Crippen LogP contribution in [0.5, 0.6) is 5.75 Å². The van der Waals surface area contributed by atoms with Gasteiger partial charge < -0.3 is 14.8 Å². The van der Waals surface area contributed by atoms with Crippen LogP contribution in [0.25, 0.3) is 10.2 Å². The number of thiophene rings is 1. The zero-order valence-electron chi connectivity index (χ0n) is 15.1. The number of rotatable bonds is 6. The maximum Gasteiger partial charge on any atom is 0.329 e. The summed E-state index contributed by atoms with van der Waals surface area (Å²) in [6.07, 6.45) is 0. The summed E-state index contributed by atoms with van der Waals surface area (Å²) in [5, 5.41) is 3.12. The first-order chi connectivity index (χ1) is 13.0. The molecule has 142 valence electrons. The van der Waals surface area contributed by atoms with Crippen LogP contribution in [0, 0.1) is 6.92 Å². The molecule has 0 saturated heterocycles. The summed E-state index contributed by atoms with van der Waals surface area (Å²) in [4.78, 5) is 41.0. The number of hydrogen-bond donors (Lipinski definition) is 2. The lowest BCUT2D eigenvalue weighted by molar-refractivity contribution is 0.102. The molecule has 2 aromatic heterocycles. The van der Waals surface area contributed by atoms with Gasteiger partial charge in [-0.3, -0.25) is 19.1 Å². The molecule has 2 N–H and O–H groups in total. The fraction of sp³-hybridized carbons (Fsp3) is 0.278. The van der Waals surface area contributed by atoms with Crippen molar-refractivity contribution in [2.45, 2.75) is 13.5 Å². The Balaban J connectivity index is 2.04. The normalized spacial score (nSPS) is 10.9. The molecule has 0 aliphatic heterocycles. The molecular formula is C18H19N3O5S.